The number of nitrogens with two attached hydrogens (primary N) is 2. The van der Waals surface area contributed by atoms with E-state index in [1.807, 2.05) is 23.6 Å². The largest absolute Gasteiger partial charge is 0.405 e. The SMILES string of the molecule is N/C=C/[Si]C1=C/C=C([Si]/C=C/N)\C=C/C=C\1. The molecule has 0 aromatic carbocycles. The molecule has 4 N–H and O–H groups in total. The molecule has 0 aromatic heterocycles. The van der Waals surface area contributed by atoms with Crippen LogP contribution < -0.4 is 11.5 Å². The third-order valence-electron chi connectivity index (χ3n) is 1.80. The van der Waals surface area contributed by atoms with Crippen LogP contribution in [-0.4, -0.2) is 19.0 Å². The lowest BCUT2D eigenvalue weighted by molar-refractivity contribution is 1.62. The second-order valence-electron chi connectivity index (χ2n) is 2.97. The van der Waals surface area contributed by atoms with E-state index in [2.05, 4.69) is 24.3 Å². The summed E-state index contributed by atoms with van der Waals surface area (Å²) in [6.45, 7) is 0. The molecule has 1 aliphatic carbocycles. The molecule has 2 nitrogen and oxygen atoms in total. The number of hydrogen-bond donors (Lipinski definition) is 2. The van der Waals surface area contributed by atoms with E-state index in [4.69, 9.17) is 11.5 Å². The van der Waals surface area contributed by atoms with Crippen LogP contribution in [0.25, 0.3) is 0 Å². The molecule has 0 unspecified atom stereocenters. The second kappa shape index (κ2) is 7.72. The molecule has 16 heavy (non-hydrogen) atoms. The summed E-state index contributed by atoms with van der Waals surface area (Å²) in [5.41, 5.74) is 14.6. The van der Waals surface area contributed by atoms with Crippen LogP contribution in [0.5, 0.6) is 0 Å². The van der Waals surface area contributed by atoms with Crippen LogP contribution >= 0.6 is 0 Å². The molecule has 0 bridgehead atoms. The van der Waals surface area contributed by atoms with E-state index < -0.39 is 0 Å². The fourth-order valence-electron chi connectivity index (χ4n) is 1.09. The molecule has 0 aromatic rings. The summed E-state index contributed by atoms with van der Waals surface area (Å²) in [6, 6.07) is 0. The molecule has 0 heterocycles. The maximum absolute atomic E-state index is 5.33. The molecule has 0 aliphatic heterocycles. The van der Waals surface area contributed by atoms with Crippen molar-refractivity contribution < 1.29 is 0 Å². The summed E-state index contributed by atoms with van der Waals surface area (Å²) in [5, 5.41) is 2.54. The van der Waals surface area contributed by atoms with Crippen LogP contribution in [0, 0.1) is 0 Å². The molecule has 80 valence electrons. The first kappa shape index (κ1) is 12.5. The third kappa shape index (κ3) is 4.81. The molecular formula is C12H14N2Si2. The summed E-state index contributed by atoms with van der Waals surface area (Å²) in [4.78, 5) is 0. The quantitative estimate of drug-likeness (QED) is 0.727. The average Bonchev–Trinajstić information content (AvgIpc) is 2.27. The van der Waals surface area contributed by atoms with Gasteiger partial charge in [-0.25, -0.2) is 0 Å². The van der Waals surface area contributed by atoms with Gasteiger partial charge in [0.2, 0.25) is 0 Å². The maximum Gasteiger partial charge on any atom is 0.113 e. The van der Waals surface area contributed by atoms with Gasteiger partial charge in [0.25, 0.3) is 0 Å². The number of hydrogen-bond acceptors (Lipinski definition) is 2. The van der Waals surface area contributed by atoms with Crippen molar-refractivity contribution in [2.24, 2.45) is 11.5 Å². The summed E-state index contributed by atoms with van der Waals surface area (Å²) >= 11 is 0. The van der Waals surface area contributed by atoms with Gasteiger partial charge < -0.3 is 11.5 Å². The summed E-state index contributed by atoms with van der Waals surface area (Å²) in [6.07, 6.45) is 15.7. The lowest BCUT2D eigenvalue weighted by Crippen LogP contribution is -1.95. The highest BCUT2D eigenvalue weighted by atomic mass is 28.2. The molecule has 0 spiro atoms. The van der Waals surface area contributed by atoms with Gasteiger partial charge in [-0.05, 0) is 12.4 Å². The summed E-state index contributed by atoms with van der Waals surface area (Å²) in [7, 11) is 1.23. The smallest absolute Gasteiger partial charge is 0.113 e. The predicted molar refractivity (Wildman–Crippen MR) is 72.6 cm³/mol. The maximum atomic E-state index is 5.33. The second-order valence-corrected chi connectivity index (χ2v) is 5.37. The highest BCUT2D eigenvalue weighted by Crippen LogP contribution is 2.05. The van der Waals surface area contributed by atoms with Gasteiger partial charge in [-0.2, -0.15) is 0 Å². The van der Waals surface area contributed by atoms with Gasteiger partial charge in [0.05, 0.1) is 0 Å². The first-order chi connectivity index (χ1) is 7.86. The third-order valence-corrected chi connectivity index (χ3v) is 3.85. The van der Waals surface area contributed by atoms with E-state index >= 15 is 0 Å². The fourth-order valence-corrected chi connectivity index (χ4v) is 2.41. The fraction of sp³-hybridized carbons (Fsp3) is 0. The Morgan fingerprint density at radius 3 is 1.62 bits per heavy atom. The van der Waals surface area contributed by atoms with Gasteiger partial charge in [-0.15, -0.1) is 0 Å². The van der Waals surface area contributed by atoms with E-state index in [0.717, 1.165) is 0 Å². The first-order valence-corrected chi connectivity index (χ1v) is 7.05. The van der Waals surface area contributed by atoms with Gasteiger partial charge in [-0.3, -0.25) is 0 Å². The standard InChI is InChI=1S/C12H14N2Si2/c13-7-9-15-11-3-1-2-4-12(6-5-11)16-10-8-14/h1-10H,13-14H2/b2-1?,3-1-,4-2-,6-5?,9-7+,10-8+,11-3?,11-5+,12-4?,12-6+. The molecular weight excluding hydrogens is 228 g/mol. The van der Waals surface area contributed by atoms with E-state index in [-0.39, 0.29) is 0 Å². The Balaban J connectivity index is 2.74. The zero-order valence-corrected chi connectivity index (χ0v) is 10.9. The Hall–Kier alpha value is -1.53. The monoisotopic (exact) mass is 242 g/mol. The lowest BCUT2D eigenvalue weighted by atomic mass is 10.3. The van der Waals surface area contributed by atoms with Gasteiger partial charge in [0.1, 0.15) is 19.0 Å². The zero-order valence-electron chi connectivity index (χ0n) is 8.93. The molecule has 4 heteroatoms. The molecule has 4 radical (unpaired) electrons. The molecule has 0 atom stereocenters. The normalized spacial score (nSPS) is 26.8. The highest BCUT2D eigenvalue weighted by Gasteiger charge is 1.94. The molecule has 0 saturated carbocycles. The summed E-state index contributed by atoms with van der Waals surface area (Å²) in [5.74, 6) is 0. The van der Waals surface area contributed by atoms with E-state index in [1.54, 1.807) is 12.4 Å². The predicted octanol–water partition coefficient (Wildman–Crippen LogP) is 1.15. The molecule has 1 rings (SSSR count). The molecule has 1 aliphatic rings. The van der Waals surface area contributed by atoms with Crippen LogP contribution in [0.1, 0.15) is 0 Å². The van der Waals surface area contributed by atoms with Crippen LogP contribution in [0.4, 0.5) is 0 Å². The van der Waals surface area contributed by atoms with Crippen LogP contribution in [-0.2, 0) is 0 Å². The van der Waals surface area contributed by atoms with Crippen LogP contribution in [0.2, 0.25) is 0 Å². The van der Waals surface area contributed by atoms with E-state index in [1.165, 1.54) is 10.4 Å². The van der Waals surface area contributed by atoms with E-state index in [0.29, 0.717) is 19.0 Å². The van der Waals surface area contributed by atoms with Crippen molar-refractivity contribution >= 4 is 19.0 Å². The highest BCUT2D eigenvalue weighted by molar-refractivity contribution is 6.53. The Kier molecular flexibility index (Phi) is 6.06. The zero-order chi connectivity index (χ0) is 11.6. The van der Waals surface area contributed by atoms with Crippen LogP contribution in [0.15, 0.2) is 70.6 Å². The van der Waals surface area contributed by atoms with Crippen molar-refractivity contribution in [2.45, 2.75) is 0 Å². The van der Waals surface area contributed by atoms with Crippen molar-refractivity contribution in [1.82, 2.24) is 0 Å². The van der Waals surface area contributed by atoms with Gasteiger partial charge in [0, 0.05) is 0 Å². The minimum absolute atomic E-state index is 0.617. The van der Waals surface area contributed by atoms with Crippen molar-refractivity contribution in [1.29, 1.82) is 0 Å². The average molecular weight is 242 g/mol. The van der Waals surface area contributed by atoms with Gasteiger partial charge >= 0.3 is 0 Å². The Morgan fingerprint density at radius 2 is 1.25 bits per heavy atom. The Labute approximate surface area is 101 Å². The molecule has 0 fully saturated rings. The van der Waals surface area contributed by atoms with Crippen LogP contribution in [0.3, 0.4) is 0 Å². The minimum Gasteiger partial charge on any atom is -0.405 e. The lowest BCUT2D eigenvalue weighted by Gasteiger charge is -1.99. The van der Waals surface area contributed by atoms with Gasteiger partial charge in [-0.1, -0.05) is 58.2 Å². The van der Waals surface area contributed by atoms with Crippen molar-refractivity contribution in [3.8, 4) is 0 Å². The van der Waals surface area contributed by atoms with Crippen molar-refractivity contribution in [2.75, 3.05) is 0 Å². The molecule has 0 amide bonds. The minimum atomic E-state index is 0.617. The van der Waals surface area contributed by atoms with Gasteiger partial charge in [0.15, 0.2) is 0 Å². The topological polar surface area (TPSA) is 52.0 Å². The Morgan fingerprint density at radius 1 is 0.812 bits per heavy atom. The summed E-state index contributed by atoms with van der Waals surface area (Å²) < 4.78 is 0. The Bertz CT molecular complexity index is 350. The molecule has 0 saturated heterocycles. The van der Waals surface area contributed by atoms with E-state index in [9.17, 15) is 0 Å². The van der Waals surface area contributed by atoms with Crippen molar-refractivity contribution in [3.05, 3.63) is 70.6 Å². The number of rotatable bonds is 4. The van der Waals surface area contributed by atoms with Crippen molar-refractivity contribution in [3.63, 3.8) is 0 Å². The number of allylic oxidation sites excluding steroid dienone is 8. The first-order valence-electron chi connectivity index (χ1n) is 4.90.